The smallest absolute Gasteiger partial charge is 0.352 e. The first kappa shape index (κ1) is 25.1. The van der Waals surface area contributed by atoms with Crippen molar-refractivity contribution in [3.8, 4) is 0 Å². The van der Waals surface area contributed by atoms with Crippen molar-refractivity contribution in [1.82, 2.24) is 30.4 Å². The van der Waals surface area contributed by atoms with Gasteiger partial charge in [0.15, 0.2) is 12.0 Å². The highest BCUT2D eigenvalue weighted by Gasteiger charge is 2.54. The number of aliphatic carboxylic acids is 1. The minimum atomic E-state index is -4.40. The third kappa shape index (κ3) is 5.32. The van der Waals surface area contributed by atoms with Gasteiger partial charge in [-0.1, -0.05) is 42.1 Å². The molecule has 3 heterocycles. The summed E-state index contributed by atoms with van der Waals surface area (Å²) in [6.45, 7) is 0. The predicted octanol–water partition coefficient (Wildman–Crippen LogP) is -0.917. The molecule has 0 radical (unpaired) electrons. The number of rotatable bonds is 9. The number of hydrogen-bond acceptors (Lipinski definition) is 11. The Balaban J connectivity index is 1.46. The topological polar surface area (TPSA) is 205 Å². The molecule has 35 heavy (non-hydrogen) atoms. The largest absolute Gasteiger partial charge is 0.477 e. The van der Waals surface area contributed by atoms with E-state index in [0.717, 1.165) is 21.3 Å². The molecule has 1 saturated heterocycles. The zero-order chi connectivity index (χ0) is 25.3. The number of aromatic nitrogens is 4. The number of β-lactam (4-membered cyclic amide) rings is 1. The van der Waals surface area contributed by atoms with Crippen molar-refractivity contribution < 1.29 is 37.6 Å². The van der Waals surface area contributed by atoms with Crippen molar-refractivity contribution >= 4 is 51.4 Å². The van der Waals surface area contributed by atoms with Gasteiger partial charge < -0.3 is 15.5 Å². The fourth-order valence-corrected chi connectivity index (χ4v) is 6.43. The third-order valence-electron chi connectivity index (χ3n) is 5.07. The zero-order valence-corrected chi connectivity index (χ0v) is 20.0. The second-order valence-electron chi connectivity index (χ2n) is 7.43. The molecule has 4 rings (SSSR count). The molecular formula is C18H18N6O8S3. The van der Waals surface area contributed by atoms with Crippen molar-refractivity contribution in [2.75, 3.05) is 11.5 Å². The molecule has 2 unspecified atom stereocenters. The van der Waals surface area contributed by atoms with E-state index in [1.165, 1.54) is 11.8 Å². The van der Waals surface area contributed by atoms with Crippen LogP contribution in [0.15, 0.2) is 46.8 Å². The van der Waals surface area contributed by atoms with E-state index >= 15 is 0 Å². The lowest BCUT2D eigenvalue weighted by Crippen LogP contribution is -2.70. The average Bonchev–Trinajstić information content (AvgIpc) is 3.25. The standard InChI is InChI=1S/C18H18N6O8S3/c25-13(9-4-2-1-3-5-9)14(26)19-11-15(27)24-12(17(28)29)10(6-33-16(11)24)7-34-18-20-21-22-23(18)8-35(30,31)32/h1-5,11,13,16,25H,6-8H2,(H,19,26)(H,28,29)(H,30,31,32)/t11?,13?,16-/m1/s1. The number of carbonyl (C=O) groups excluding carboxylic acids is 2. The molecule has 2 aliphatic heterocycles. The SMILES string of the molecule is O=C(O)C1=C(CSc2nnnn2CS(=O)(=O)O)CS[C@@H]2C(NC(=O)C(O)c3ccccc3)C(=O)N12. The number of carboxylic acids is 1. The van der Waals surface area contributed by atoms with Crippen LogP contribution in [0.25, 0.3) is 0 Å². The Bertz CT molecular complexity index is 1300. The molecule has 4 N–H and O–H groups in total. The number of tetrazole rings is 1. The maximum Gasteiger partial charge on any atom is 0.352 e. The summed E-state index contributed by atoms with van der Waals surface area (Å²) >= 11 is 2.17. The van der Waals surface area contributed by atoms with E-state index in [1.54, 1.807) is 30.3 Å². The fourth-order valence-electron chi connectivity index (χ4n) is 3.50. The van der Waals surface area contributed by atoms with Gasteiger partial charge in [0.2, 0.25) is 5.16 Å². The first-order valence-electron chi connectivity index (χ1n) is 9.84. The molecule has 3 atom stereocenters. The van der Waals surface area contributed by atoms with Crippen LogP contribution in [-0.2, 0) is 30.4 Å². The first-order chi connectivity index (χ1) is 16.6. The van der Waals surface area contributed by atoms with Crippen LogP contribution in [0.1, 0.15) is 11.7 Å². The first-order valence-corrected chi connectivity index (χ1v) is 13.5. The summed E-state index contributed by atoms with van der Waals surface area (Å²) in [6, 6.07) is 7.17. The molecule has 1 aromatic heterocycles. The Morgan fingerprint density at radius 2 is 2.00 bits per heavy atom. The number of thioether (sulfide) groups is 2. The van der Waals surface area contributed by atoms with Gasteiger partial charge in [-0.25, -0.2) is 9.48 Å². The van der Waals surface area contributed by atoms with Gasteiger partial charge in [0.25, 0.3) is 21.9 Å². The number of amides is 2. The van der Waals surface area contributed by atoms with Crippen LogP contribution in [0.3, 0.4) is 0 Å². The molecule has 0 saturated carbocycles. The summed E-state index contributed by atoms with van der Waals surface area (Å²) in [4.78, 5) is 38.3. The van der Waals surface area contributed by atoms with Gasteiger partial charge in [0, 0.05) is 11.5 Å². The Kier molecular flexibility index (Phi) is 7.13. The second kappa shape index (κ2) is 9.94. The summed E-state index contributed by atoms with van der Waals surface area (Å²) in [6.07, 6.45) is -1.48. The number of fused-ring (bicyclic) bond motifs is 1. The van der Waals surface area contributed by atoms with Crippen molar-refractivity contribution in [2.45, 2.75) is 28.6 Å². The molecule has 1 aromatic carbocycles. The van der Waals surface area contributed by atoms with E-state index in [-0.39, 0.29) is 22.4 Å². The van der Waals surface area contributed by atoms with Crippen LogP contribution in [0.2, 0.25) is 0 Å². The fraction of sp³-hybridized carbons (Fsp3) is 0.333. The lowest BCUT2D eigenvalue weighted by atomic mass is 10.0. The lowest BCUT2D eigenvalue weighted by Gasteiger charge is -2.49. The quantitative estimate of drug-likeness (QED) is 0.172. The molecule has 186 valence electrons. The maximum atomic E-state index is 12.8. The van der Waals surface area contributed by atoms with Crippen molar-refractivity contribution in [3.63, 3.8) is 0 Å². The van der Waals surface area contributed by atoms with Crippen LogP contribution in [-0.4, -0.2) is 89.0 Å². The van der Waals surface area contributed by atoms with Gasteiger partial charge in [-0.15, -0.1) is 16.9 Å². The number of benzene rings is 1. The van der Waals surface area contributed by atoms with Gasteiger partial charge in [0.1, 0.15) is 17.1 Å². The molecule has 0 spiro atoms. The summed E-state index contributed by atoms with van der Waals surface area (Å²) in [5.74, 6) is -3.39. The van der Waals surface area contributed by atoms with Crippen LogP contribution < -0.4 is 5.32 Å². The number of nitrogens with zero attached hydrogens (tertiary/aromatic N) is 5. The molecule has 0 aliphatic carbocycles. The van der Waals surface area contributed by atoms with Gasteiger partial charge in [-0.2, -0.15) is 8.42 Å². The molecule has 0 bridgehead atoms. The van der Waals surface area contributed by atoms with E-state index < -0.39 is 51.3 Å². The minimum Gasteiger partial charge on any atom is -0.477 e. The van der Waals surface area contributed by atoms with Gasteiger partial charge in [0.05, 0.1) is 0 Å². The average molecular weight is 543 g/mol. The number of nitrogens with one attached hydrogen (secondary N) is 1. The van der Waals surface area contributed by atoms with E-state index in [2.05, 4.69) is 20.8 Å². The van der Waals surface area contributed by atoms with E-state index in [1.807, 2.05) is 0 Å². The van der Waals surface area contributed by atoms with Crippen molar-refractivity contribution in [3.05, 3.63) is 47.2 Å². The van der Waals surface area contributed by atoms with E-state index in [4.69, 9.17) is 4.55 Å². The highest BCUT2D eigenvalue weighted by molar-refractivity contribution is 8.01. The van der Waals surface area contributed by atoms with Gasteiger partial charge >= 0.3 is 5.97 Å². The molecule has 1 fully saturated rings. The van der Waals surface area contributed by atoms with Gasteiger partial charge in [-0.05, 0) is 21.6 Å². The van der Waals surface area contributed by atoms with Crippen LogP contribution in [0, 0.1) is 0 Å². The number of hydrogen-bond donors (Lipinski definition) is 4. The van der Waals surface area contributed by atoms with Crippen molar-refractivity contribution in [2.24, 2.45) is 0 Å². The number of aliphatic hydroxyl groups excluding tert-OH is 1. The Morgan fingerprint density at radius 3 is 2.66 bits per heavy atom. The summed E-state index contributed by atoms with van der Waals surface area (Å²) in [5, 5.41) is 32.4. The Labute approximate surface area is 206 Å². The summed E-state index contributed by atoms with van der Waals surface area (Å²) in [5.41, 5.74) is 0.480. The molecule has 2 aliphatic rings. The zero-order valence-electron chi connectivity index (χ0n) is 17.6. The van der Waals surface area contributed by atoms with Crippen LogP contribution >= 0.6 is 23.5 Å². The van der Waals surface area contributed by atoms with E-state index in [0.29, 0.717) is 11.1 Å². The van der Waals surface area contributed by atoms with Crippen LogP contribution in [0.5, 0.6) is 0 Å². The molecule has 17 heteroatoms. The lowest BCUT2D eigenvalue weighted by molar-refractivity contribution is -0.151. The minimum absolute atomic E-state index is 0.0285. The monoisotopic (exact) mass is 542 g/mol. The normalized spacial score (nSPS) is 20.7. The molecule has 2 amide bonds. The van der Waals surface area contributed by atoms with Crippen molar-refractivity contribution in [1.29, 1.82) is 0 Å². The highest BCUT2D eigenvalue weighted by Crippen LogP contribution is 2.41. The molecule has 14 nitrogen and oxygen atoms in total. The highest BCUT2D eigenvalue weighted by atomic mass is 32.2. The predicted molar refractivity (Wildman–Crippen MR) is 121 cm³/mol. The van der Waals surface area contributed by atoms with Crippen LogP contribution in [0.4, 0.5) is 0 Å². The number of carboxylic acid groups (broad SMARTS) is 1. The van der Waals surface area contributed by atoms with Gasteiger partial charge in [-0.3, -0.25) is 19.0 Å². The third-order valence-corrected chi connectivity index (χ3v) is 8.03. The Hall–Kier alpha value is -2.99. The Morgan fingerprint density at radius 1 is 1.29 bits per heavy atom. The molecule has 2 aromatic rings. The van der Waals surface area contributed by atoms with E-state index in [9.17, 15) is 33.0 Å². The number of aliphatic hydroxyl groups is 1. The second-order valence-corrected chi connectivity index (χ2v) is 10.9. The molecular weight excluding hydrogens is 524 g/mol. The number of carbonyl (C=O) groups is 3. The maximum absolute atomic E-state index is 12.8. The summed E-state index contributed by atoms with van der Waals surface area (Å²) < 4.78 is 32.0. The summed E-state index contributed by atoms with van der Waals surface area (Å²) in [7, 11) is -4.40.